The van der Waals surface area contributed by atoms with E-state index in [0.29, 0.717) is 18.1 Å². The number of rotatable bonds is 6. The van der Waals surface area contributed by atoms with Crippen molar-refractivity contribution in [2.75, 3.05) is 20.1 Å². The van der Waals surface area contributed by atoms with Gasteiger partial charge in [0.1, 0.15) is 11.8 Å². The van der Waals surface area contributed by atoms with Gasteiger partial charge in [-0.15, -0.1) is 11.3 Å². The molecule has 1 aliphatic rings. The maximum atomic E-state index is 12.4. The largest absolute Gasteiger partial charge is 0.487 e. The summed E-state index contributed by atoms with van der Waals surface area (Å²) in [5.41, 5.74) is 2.51. The van der Waals surface area contributed by atoms with Gasteiger partial charge < -0.3 is 9.64 Å². The number of likely N-dealkylation sites (tertiary alicyclic amines) is 1. The lowest BCUT2D eigenvalue weighted by atomic mass is 10.1. The summed E-state index contributed by atoms with van der Waals surface area (Å²) in [6, 6.07) is 15.2. The molecule has 0 bridgehead atoms. The Morgan fingerprint density at radius 1 is 1.06 bits per heavy atom. The molecular weight excluding hydrogens is 434 g/mol. The van der Waals surface area contributed by atoms with Gasteiger partial charge in [0.05, 0.1) is 23.8 Å². The number of benzene rings is 1. The summed E-state index contributed by atoms with van der Waals surface area (Å²) < 4.78 is 7.55. The third-order valence-electron chi connectivity index (χ3n) is 5.75. The second kappa shape index (κ2) is 9.64. The summed E-state index contributed by atoms with van der Waals surface area (Å²) in [4.78, 5) is 24.8. The summed E-state index contributed by atoms with van der Waals surface area (Å²) >= 11 is 1.60. The van der Waals surface area contributed by atoms with Gasteiger partial charge in [0, 0.05) is 24.7 Å². The van der Waals surface area contributed by atoms with E-state index in [0.717, 1.165) is 47.6 Å². The van der Waals surface area contributed by atoms with Crippen LogP contribution in [0.15, 0.2) is 71.1 Å². The number of ether oxygens (including phenoxy) is 1. The highest BCUT2D eigenvalue weighted by atomic mass is 32.1. The fraction of sp³-hybridized carbons (Fsp3) is 0.280. The highest BCUT2D eigenvalue weighted by molar-refractivity contribution is 7.13. The molecule has 168 valence electrons. The van der Waals surface area contributed by atoms with Crippen LogP contribution >= 0.6 is 11.3 Å². The van der Waals surface area contributed by atoms with Crippen molar-refractivity contribution < 1.29 is 4.74 Å². The van der Waals surface area contributed by atoms with Crippen LogP contribution in [0.1, 0.15) is 18.4 Å². The van der Waals surface area contributed by atoms with Gasteiger partial charge in [-0.1, -0.05) is 24.3 Å². The minimum Gasteiger partial charge on any atom is -0.487 e. The molecule has 3 aromatic heterocycles. The zero-order valence-electron chi connectivity index (χ0n) is 18.4. The number of hydrogen-bond acceptors (Lipinski definition) is 7. The molecule has 0 radical (unpaired) electrons. The second-order valence-corrected chi connectivity index (χ2v) is 9.20. The molecule has 33 heavy (non-hydrogen) atoms. The smallest absolute Gasteiger partial charge is 0.267 e. The third-order valence-corrected chi connectivity index (χ3v) is 6.65. The van der Waals surface area contributed by atoms with Crippen molar-refractivity contribution in [2.24, 2.45) is 0 Å². The van der Waals surface area contributed by atoms with Gasteiger partial charge in [0.15, 0.2) is 11.6 Å². The molecule has 4 heterocycles. The molecule has 1 aliphatic heterocycles. The van der Waals surface area contributed by atoms with Gasteiger partial charge in [-0.05, 0) is 49.0 Å². The molecule has 0 saturated carbocycles. The lowest BCUT2D eigenvalue weighted by molar-refractivity contribution is 0.113. The van der Waals surface area contributed by atoms with Crippen LogP contribution in [0.2, 0.25) is 0 Å². The van der Waals surface area contributed by atoms with Crippen LogP contribution in [-0.2, 0) is 6.54 Å². The predicted octanol–water partition coefficient (Wildman–Crippen LogP) is 3.95. The Morgan fingerprint density at radius 3 is 2.64 bits per heavy atom. The zero-order chi connectivity index (χ0) is 22.6. The molecule has 1 aromatic carbocycles. The van der Waals surface area contributed by atoms with Crippen LogP contribution in [-0.4, -0.2) is 50.9 Å². The monoisotopic (exact) mass is 459 g/mol. The number of hydrogen-bond donors (Lipinski definition) is 0. The first kappa shape index (κ1) is 21.5. The molecule has 5 rings (SSSR count). The van der Waals surface area contributed by atoms with E-state index in [-0.39, 0.29) is 11.7 Å². The van der Waals surface area contributed by atoms with Gasteiger partial charge >= 0.3 is 0 Å². The normalized spacial score (nSPS) is 14.9. The number of thiophene rings is 1. The lowest BCUT2D eigenvalue weighted by Gasteiger charge is -2.29. The van der Waals surface area contributed by atoms with Gasteiger partial charge in [-0.2, -0.15) is 5.10 Å². The molecule has 0 atom stereocenters. The van der Waals surface area contributed by atoms with Crippen LogP contribution in [0.4, 0.5) is 0 Å². The summed E-state index contributed by atoms with van der Waals surface area (Å²) in [7, 11) is 2.13. The van der Waals surface area contributed by atoms with Gasteiger partial charge in [0.25, 0.3) is 5.56 Å². The summed E-state index contributed by atoms with van der Waals surface area (Å²) in [6.07, 6.45) is 5.73. The zero-order valence-corrected chi connectivity index (χ0v) is 19.2. The maximum absolute atomic E-state index is 12.4. The summed E-state index contributed by atoms with van der Waals surface area (Å²) in [6.45, 7) is 2.47. The van der Waals surface area contributed by atoms with Crippen molar-refractivity contribution >= 4 is 11.3 Å². The molecule has 1 fully saturated rings. The Bertz CT molecular complexity index is 1260. The van der Waals surface area contributed by atoms with Gasteiger partial charge in [0.2, 0.25) is 0 Å². The number of piperidine rings is 1. The topological polar surface area (TPSA) is 73.1 Å². The highest BCUT2D eigenvalue weighted by Crippen LogP contribution is 2.23. The van der Waals surface area contributed by atoms with E-state index in [1.165, 1.54) is 4.68 Å². The maximum Gasteiger partial charge on any atom is 0.267 e. The lowest BCUT2D eigenvalue weighted by Crippen LogP contribution is -2.35. The first-order valence-electron chi connectivity index (χ1n) is 11.0. The van der Waals surface area contributed by atoms with Crippen molar-refractivity contribution in [2.45, 2.75) is 25.5 Å². The molecule has 4 aromatic rings. The van der Waals surface area contributed by atoms with Crippen LogP contribution in [0.25, 0.3) is 22.0 Å². The standard InChI is InChI=1S/C25H25N5O2S/c1-29-11-9-20(10-12-29)32-21-15-26-25(27-16-21)19-5-2-4-18(14-19)17-30-24(31)8-7-22(28-30)23-6-3-13-33-23/h2-8,13-16,20H,9-12,17H2,1H3. The molecule has 7 nitrogen and oxygen atoms in total. The van der Waals surface area contributed by atoms with E-state index in [1.54, 1.807) is 35.9 Å². The quantitative estimate of drug-likeness (QED) is 0.435. The molecule has 0 N–H and O–H groups in total. The van der Waals surface area contributed by atoms with Crippen LogP contribution in [0.5, 0.6) is 5.75 Å². The minimum atomic E-state index is -0.132. The Hall–Kier alpha value is -3.36. The van der Waals surface area contributed by atoms with E-state index in [1.807, 2.05) is 41.8 Å². The van der Waals surface area contributed by atoms with Crippen molar-refractivity contribution in [1.82, 2.24) is 24.6 Å². The van der Waals surface area contributed by atoms with Gasteiger partial charge in [-0.25, -0.2) is 14.6 Å². The van der Waals surface area contributed by atoms with E-state index >= 15 is 0 Å². The van der Waals surface area contributed by atoms with Crippen molar-refractivity contribution in [3.8, 4) is 27.7 Å². The second-order valence-electron chi connectivity index (χ2n) is 8.25. The van der Waals surface area contributed by atoms with Crippen LogP contribution in [0.3, 0.4) is 0 Å². The first-order valence-corrected chi connectivity index (χ1v) is 11.9. The van der Waals surface area contributed by atoms with E-state index < -0.39 is 0 Å². The van der Waals surface area contributed by atoms with Crippen molar-refractivity contribution in [3.05, 3.63) is 82.2 Å². The van der Waals surface area contributed by atoms with Gasteiger partial charge in [-0.3, -0.25) is 4.79 Å². The van der Waals surface area contributed by atoms with Crippen molar-refractivity contribution in [1.29, 1.82) is 0 Å². The van der Waals surface area contributed by atoms with Crippen LogP contribution < -0.4 is 10.3 Å². The molecule has 0 amide bonds. The van der Waals surface area contributed by atoms with Crippen molar-refractivity contribution in [3.63, 3.8) is 0 Å². The molecule has 0 unspecified atom stereocenters. The molecule has 8 heteroatoms. The number of aromatic nitrogens is 4. The molecule has 0 spiro atoms. The van der Waals surface area contributed by atoms with Crippen LogP contribution in [0, 0.1) is 0 Å². The number of nitrogens with zero attached hydrogens (tertiary/aromatic N) is 5. The molecule has 1 saturated heterocycles. The highest BCUT2D eigenvalue weighted by Gasteiger charge is 2.18. The fourth-order valence-corrected chi connectivity index (χ4v) is 4.61. The Labute approximate surface area is 196 Å². The first-order chi connectivity index (χ1) is 16.1. The average molecular weight is 460 g/mol. The average Bonchev–Trinajstić information content (AvgIpc) is 3.38. The fourth-order valence-electron chi connectivity index (χ4n) is 3.92. The molecular formula is C25H25N5O2S. The molecule has 0 aliphatic carbocycles. The Balaban J connectivity index is 1.30. The SMILES string of the molecule is CN1CCC(Oc2cnc(-c3cccc(Cn4nc(-c5cccs5)ccc4=O)c3)nc2)CC1. The van der Waals surface area contributed by atoms with E-state index in [9.17, 15) is 4.79 Å². The summed E-state index contributed by atoms with van der Waals surface area (Å²) in [5, 5.41) is 6.55. The summed E-state index contributed by atoms with van der Waals surface area (Å²) in [5.74, 6) is 1.32. The minimum absolute atomic E-state index is 0.132. The van der Waals surface area contributed by atoms with E-state index in [2.05, 4.69) is 27.0 Å². The third kappa shape index (κ3) is 5.18. The Kier molecular flexibility index (Phi) is 6.28. The Morgan fingerprint density at radius 2 is 1.88 bits per heavy atom. The predicted molar refractivity (Wildman–Crippen MR) is 130 cm³/mol. The van der Waals surface area contributed by atoms with E-state index in [4.69, 9.17) is 4.74 Å².